The summed E-state index contributed by atoms with van der Waals surface area (Å²) in [6, 6.07) is 13.1. The highest BCUT2D eigenvalue weighted by Crippen LogP contribution is 2.27. The quantitative estimate of drug-likeness (QED) is 0.514. The standard InChI is InChI=1S/C22H20N4O4S/c1-13-23-17(12-31-13)11-30-18-8-6-14(7-9-18)19(27)24-16-5-3-4-15(10-16)22(2)20(28)25-21(29)26-22/h3-10,12H,11H2,1-2H3,(H,24,27)(H2,25,26,28,29). The van der Waals surface area contributed by atoms with Crippen molar-refractivity contribution in [2.75, 3.05) is 5.32 Å². The minimum absolute atomic E-state index is 0.302. The first-order chi connectivity index (χ1) is 14.8. The van der Waals surface area contributed by atoms with Gasteiger partial charge in [-0.05, 0) is 55.8 Å². The number of nitrogens with one attached hydrogen (secondary N) is 3. The number of carbonyl (C=O) groups is 3. The van der Waals surface area contributed by atoms with Gasteiger partial charge in [-0.1, -0.05) is 12.1 Å². The number of anilines is 1. The fourth-order valence-electron chi connectivity index (χ4n) is 3.19. The van der Waals surface area contributed by atoms with Crippen LogP contribution in [0.1, 0.15) is 33.5 Å². The fraction of sp³-hybridized carbons (Fsp3) is 0.182. The van der Waals surface area contributed by atoms with Gasteiger partial charge in [-0.25, -0.2) is 9.78 Å². The largest absolute Gasteiger partial charge is 0.487 e. The third kappa shape index (κ3) is 4.41. The Morgan fingerprint density at radius 1 is 1.19 bits per heavy atom. The molecule has 31 heavy (non-hydrogen) atoms. The molecule has 0 radical (unpaired) electrons. The molecule has 0 saturated carbocycles. The van der Waals surface area contributed by atoms with Gasteiger partial charge in [0.15, 0.2) is 0 Å². The smallest absolute Gasteiger partial charge is 0.322 e. The third-order valence-electron chi connectivity index (χ3n) is 4.91. The lowest BCUT2D eigenvalue weighted by atomic mass is 9.92. The number of urea groups is 1. The van der Waals surface area contributed by atoms with Crippen molar-refractivity contribution < 1.29 is 19.1 Å². The summed E-state index contributed by atoms with van der Waals surface area (Å²) in [5, 5.41) is 10.6. The lowest BCUT2D eigenvalue weighted by molar-refractivity contribution is -0.123. The molecule has 1 unspecified atom stereocenters. The molecule has 1 aromatic heterocycles. The molecule has 1 atom stereocenters. The molecular weight excluding hydrogens is 416 g/mol. The molecule has 158 valence electrons. The van der Waals surface area contributed by atoms with Crippen molar-refractivity contribution >= 4 is 34.9 Å². The van der Waals surface area contributed by atoms with Gasteiger partial charge >= 0.3 is 6.03 Å². The van der Waals surface area contributed by atoms with E-state index < -0.39 is 17.5 Å². The lowest BCUT2D eigenvalue weighted by Crippen LogP contribution is -2.40. The molecule has 1 fully saturated rings. The van der Waals surface area contributed by atoms with Crippen LogP contribution in [0.15, 0.2) is 53.9 Å². The van der Waals surface area contributed by atoms with Crippen LogP contribution in [-0.2, 0) is 16.9 Å². The van der Waals surface area contributed by atoms with Crippen LogP contribution in [0.4, 0.5) is 10.5 Å². The molecule has 1 aliphatic rings. The van der Waals surface area contributed by atoms with Gasteiger partial charge in [-0.3, -0.25) is 14.9 Å². The predicted molar refractivity (Wildman–Crippen MR) is 116 cm³/mol. The third-order valence-corrected chi connectivity index (χ3v) is 5.73. The average molecular weight is 436 g/mol. The molecule has 0 bridgehead atoms. The Morgan fingerprint density at radius 3 is 2.61 bits per heavy atom. The predicted octanol–water partition coefficient (Wildman–Crippen LogP) is 3.34. The van der Waals surface area contributed by atoms with Crippen molar-refractivity contribution in [3.63, 3.8) is 0 Å². The maximum absolute atomic E-state index is 12.6. The Kier molecular flexibility index (Phi) is 5.43. The molecule has 2 aromatic carbocycles. The van der Waals surface area contributed by atoms with E-state index in [0.717, 1.165) is 10.7 Å². The highest BCUT2D eigenvalue weighted by atomic mass is 32.1. The number of aromatic nitrogens is 1. The summed E-state index contributed by atoms with van der Waals surface area (Å²) in [5.74, 6) is -0.103. The van der Waals surface area contributed by atoms with Crippen molar-refractivity contribution in [1.29, 1.82) is 0 Å². The van der Waals surface area contributed by atoms with E-state index in [4.69, 9.17) is 4.74 Å². The van der Waals surface area contributed by atoms with Gasteiger partial charge in [0.2, 0.25) is 0 Å². The number of carbonyl (C=O) groups excluding carboxylic acids is 3. The Morgan fingerprint density at radius 2 is 1.97 bits per heavy atom. The summed E-state index contributed by atoms with van der Waals surface area (Å²) >= 11 is 1.57. The van der Waals surface area contributed by atoms with E-state index in [0.29, 0.717) is 29.2 Å². The normalized spacial score (nSPS) is 17.7. The van der Waals surface area contributed by atoms with E-state index >= 15 is 0 Å². The van der Waals surface area contributed by atoms with Gasteiger partial charge in [0.25, 0.3) is 11.8 Å². The second-order valence-corrected chi connectivity index (χ2v) is 8.30. The van der Waals surface area contributed by atoms with Crippen LogP contribution in [0.25, 0.3) is 0 Å². The highest BCUT2D eigenvalue weighted by Gasteiger charge is 2.43. The first-order valence-electron chi connectivity index (χ1n) is 9.53. The van der Waals surface area contributed by atoms with E-state index in [1.807, 2.05) is 12.3 Å². The molecule has 3 N–H and O–H groups in total. The molecule has 1 saturated heterocycles. The summed E-state index contributed by atoms with van der Waals surface area (Å²) in [6.07, 6.45) is 0. The van der Waals surface area contributed by atoms with Crippen molar-refractivity contribution in [2.24, 2.45) is 0 Å². The van der Waals surface area contributed by atoms with Crippen LogP contribution >= 0.6 is 11.3 Å². The van der Waals surface area contributed by atoms with E-state index in [1.54, 1.807) is 66.8 Å². The molecule has 8 nitrogen and oxygen atoms in total. The number of imide groups is 1. The first kappa shape index (κ1) is 20.5. The maximum Gasteiger partial charge on any atom is 0.322 e. The number of rotatable bonds is 6. The van der Waals surface area contributed by atoms with Crippen molar-refractivity contribution in [1.82, 2.24) is 15.6 Å². The molecule has 4 rings (SSSR count). The number of nitrogens with zero attached hydrogens (tertiary/aromatic N) is 1. The minimum Gasteiger partial charge on any atom is -0.487 e. The summed E-state index contributed by atoms with van der Waals surface area (Å²) in [5.41, 5.74) is 1.21. The Balaban J connectivity index is 1.41. The van der Waals surface area contributed by atoms with E-state index in [1.165, 1.54) is 0 Å². The number of hydrogen-bond acceptors (Lipinski definition) is 6. The second-order valence-electron chi connectivity index (χ2n) is 7.24. The first-order valence-corrected chi connectivity index (χ1v) is 10.4. The van der Waals surface area contributed by atoms with Crippen molar-refractivity contribution in [3.8, 4) is 5.75 Å². The minimum atomic E-state index is -1.19. The Labute approximate surface area is 182 Å². The molecule has 4 amide bonds. The number of hydrogen-bond donors (Lipinski definition) is 3. The number of ether oxygens (including phenoxy) is 1. The zero-order valence-corrected chi connectivity index (χ0v) is 17.7. The van der Waals surface area contributed by atoms with E-state index in [9.17, 15) is 14.4 Å². The summed E-state index contributed by atoms with van der Waals surface area (Å²) in [7, 11) is 0. The summed E-state index contributed by atoms with van der Waals surface area (Å²) < 4.78 is 5.70. The zero-order chi connectivity index (χ0) is 22.0. The van der Waals surface area contributed by atoms with Crippen LogP contribution in [0, 0.1) is 6.92 Å². The number of benzene rings is 2. The molecule has 0 aliphatic carbocycles. The topological polar surface area (TPSA) is 109 Å². The van der Waals surface area contributed by atoms with Gasteiger partial charge in [-0.15, -0.1) is 11.3 Å². The SMILES string of the molecule is Cc1nc(COc2ccc(C(=O)Nc3cccc(C4(C)NC(=O)NC4=O)c3)cc2)cs1. The van der Waals surface area contributed by atoms with Gasteiger partial charge in [-0.2, -0.15) is 0 Å². The maximum atomic E-state index is 12.6. The van der Waals surface area contributed by atoms with E-state index in [-0.39, 0.29) is 5.91 Å². The zero-order valence-electron chi connectivity index (χ0n) is 16.9. The lowest BCUT2D eigenvalue weighted by Gasteiger charge is -2.21. The number of thiazole rings is 1. The van der Waals surface area contributed by atoms with Crippen LogP contribution in [0.2, 0.25) is 0 Å². The van der Waals surface area contributed by atoms with Gasteiger partial charge < -0.3 is 15.4 Å². The molecule has 2 heterocycles. The Bertz CT molecular complexity index is 1160. The monoisotopic (exact) mass is 436 g/mol. The summed E-state index contributed by atoms with van der Waals surface area (Å²) in [6.45, 7) is 3.92. The molecule has 0 spiro atoms. The van der Waals surface area contributed by atoms with Gasteiger partial charge in [0, 0.05) is 16.6 Å². The Hall–Kier alpha value is -3.72. The van der Waals surface area contributed by atoms with Crippen molar-refractivity contribution in [2.45, 2.75) is 26.0 Å². The van der Waals surface area contributed by atoms with Gasteiger partial charge in [0.05, 0.1) is 10.7 Å². The van der Waals surface area contributed by atoms with Crippen LogP contribution in [-0.4, -0.2) is 22.8 Å². The van der Waals surface area contributed by atoms with Gasteiger partial charge in [0.1, 0.15) is 17.9 Å². The van der Waals surface area contributed by atoms with E-state index in [2.05, 4.69) is 20.9 Å². The van der Waals surface area contributed by atoms with Crippen LogP contribution < -0.4 is 20.7 Å². The van der Waals surface area contributed by atoms with Crippen LogP contribution in [0.5, 0.6) is 5.75 Å². The summed E-state index contributed by atoms with van der Waals surface area (Å²) in [4.78, 5) is 40.6. The molecular formula is C22H20N4O4S. The van der Waals surface area contributed by atoms with Crippen LogP contribution in [0.3, 0.4) is 0 Å². The fourth-order valence-corrected chi connectivity index (χ4v) is 3.79. The average Bonchev–Trinajstić information content (AvgIpc) is 3.29. The molecule has 9 heteroatoms. The number of aryl methyl sites for hydroxylation is 1. The molecule has 3 aromatic rings. The van der Waals surface area contributed by atoms with Crippen molar-refractivity contribution in [3.05, 3.63) is 75.7 Å². The second kappa shape index (κ2) is 8.19. The highest BCUT2D eigenvalue weighted by molar-refractivity contribution is 7.09. The number of amides is 4. The molecule has 1 aliphatic heterocycles.